The maximum absolute atomic E-state index is 15.2. The van der Waals surface area contributed by atoms with Crippen LogP contribution in [0.5, 0.6) is 5.75 Å². The van der Waals surface area contributed by atoms with E-state index in [0.29, 0.717) is 36.7 Å². The van der Waals surface area contributed by atoms with Crippen LogP contribution in [0.3, 0.4) is 0 Å². The molecule has 0 N–H and O–H groups in total. The quantitative estimate of drug-likeness (QED) is 0.107. The molecule has 1 aliphatic rings. The largest absolute Gasteiger partial charge is 0.490 e. The summed E-state index contributed by atoms with van der Waals surface area (Å²) in [6, 6.07) is 12.4. The van der Waals surface area contributed by atoms with E-state index in [4.69, 9.17) is 9.47 Å². The van der Waals surface area contributed by atoms with E-state index in [1.807, 2.05) is 13.0 Å². The van der Waals surface area contributed by atoms with Gasteiger partial charge in [-0.3, -0.25) is 0 Å². The smallest absolute Gasteiger partial charge is 0.201 e. The van der Waals surface area contributed by atoms with Crippen molar-refractivity contribution in [2.24, 2.45) is 5.92 Å². The van der Waals surface area contributed by atoms with Crippen LogP contribution < -0.4 is 4.74 Å². The minimum Gasteiger partial charge on any atom is -0.490 e. The zero-order chi connectivity index (χ0) is 29.9. The van der Waals surface area contributed by atoms with Gasteiger partial charge in [0.1, 0.15) is 0 Å². The lowest BCUT2D eigenvalue weighted by molar-refractivity contribution is -0.0210. The van der Waals surface area contributed by atoms with Crippen molar-refractivity contribution in [1.29, 1.82) is 0 Å². The number of benzene rings is 3. The van der Waals surface area contributed by atoms with Crippen molar-refractivity contribution in [1.82, 2.24) is 0 Å². The molecule has 0 radical (unpaired) electrons. The van der Waals surface area contributed by atoms with Crippen molar-refractivity contribution in [2.45, 2.75) is 84.2 Å². The van der Waals surface area contributed by atoms with E-state index in [-0.39, 0.29) is 22.4 Å². The summed E-state index contributed by atoms with van der Waals surface area (Å²) < 4.78 is 71.5. The standard InChI is InChI=1S/C36H42F4O2/c1-3-5-7-8-9-11-23-41-32-22-20-29(34(38)36(32)40)27-16-14-26(15-17-27)28-18-19-30(35(39)33(28)37)31-21-13-25(24-42-31)12-10-6-4-2/h4,6,14-20,22,25,31H,3,5,7-13,21,23-24H2,1-2H3. The Morgan fingerprint density at radius 2 is 1.40 bits per heavy atom. The van der Waals surface area contributed by atoms with Crippen LogP contribution in [0.1, 0.15) is 89.7 Å². The Bertz CT molecular complexity index is 1310. The molecule has 0 aliphatic carbocycles. The topological polar surface area (TPSA) is 18.5 Å². The van der Waals surface area contributed by atoms with Crippen molar-refractivity contribution in [3.05, 3.63) is 89.5 Å². The summed E-state index contributed by atoms with van der Waals surface area (Å²) in [6.45, 7) is 5.03. The van der Waals surface area contributed by atoms with Gasteiger partial charge in [0.05, 0.1) is 19.3 Å². The van der Waals surface area contributed by atoms with E-state index in [1.54, 1.807) is 36.4 Å². The Morgan fingerprint density at radius 3 is 2.05 bits per heavy atom. The second-order valence-corrected chi connectivity index (χ2v) is 11.2. The van der Waals surface area contributed by atoms with Crippen LogP contribution in [0.25, 0.3) is 22.3 Å². The summed E-state index contributed by atoms with van der Waals surface area (Å²) in [5, 5.41) is 0. The molecule has 6 heteroatoms. The summed E-state index contributed by atoms with van der Waals surface area (Å²) in [5.41, 5.74) is 1.28. The molecule has 0 spiro atoms. The van der Waals surface area contributed by atoms with Gasteiger partial charge >= 0.3 is 0 Å². The van der Waals surface area contributed by atoms with E-state index < -0.39 is 29.4 Å². The first-order valence-corrected chi connectivity index (χ1v) is 15.4. The van der Waals surface area contributed by atoms with E-state index in [1.165, 1.54) is 31.4 Å². The zero-order valence-electron chi connectivity index (χ0n) is 24.7. The SMILES string of the molecule is CC=CCCC1CCC(c2ccc(-c3ccc(-c4ccc(OCCCCCCCC)c(F)c4F)cc3)c(F)c2F)OC1. The first-order valence-electron chi connectivity index (χ1n) is 15.4. The fraction of sp³-hybridized carbons (Fsp3) is 0.444. The number of rotatable bonds is 14. The highest BCUT2D eigenvalue weighted by Crippen LogP contribution is 2.37. The predicted octanol–water partition coefficient (Wildman–Crippen LogP) is 11.1. The Morgan fingerprint density at radius 1 is 0.762 bits per heavy atom. The number of hydrogen-bond donors (Lipinski definition) is 0. The van der Waals surface area contributed by atoms with Gasteiger partial charge in [-0.05, 0) is 68.2 Å². The fourth-order valence-electron chi connectivity index (χ4n) is 5.57. The summed E-state index contributed by atoms with van der Waals surface area (Å²) in [5.74, 6) is -3.55. The van der Waals surface area contributed by atoms with Crippen molar-refractivity contribution in [2.75, 3.05) is 13.2 Å². The lowest BCUT2D eigenvalue weighted by Gasteiger charge is -2.29. The first-order chi connectivity index (χ1) is 20.4. The van der Waals surface area contributed by atoms with Gasteiger partial charge in [0.2, 0.25) is 5.82 Å². The third-order valence-electron chi connectivity index (χ3n) is 8.12. The Hall–Kier alpha value is -3.12. The molecule has 4 rings (SSSR count). The van der Waals surface area contributed by atoms with E-state index in [9.17, 15) is 8.78 Å². The van der Waals surface area contributed by atoms with Crippen molar-refractivity contribution in [3.8, 4) is 28.0 Å². The molecule has 1 heterocycles. The van der Waals surface area contributed by atoms with Crippen LogP contribution in [-0.4, -0.2) is 13.2 Å². The number of ether oxygens (including phenoxy) is 2. The average Bonchev–Trinajstić information content (AvgIpc) is 3.01. The van der Waals surface area contributed by atoms with E-state index >= 15 is 8.78 Å². The molecule has 3 aromatic carbocycles. The van der Waals surface area contributed by atoms with Crippen molar-refractivity contribution in [3.63, 3.8) is 0 Å². The summed E-state index contributed by atoms with van der Waals surface area (Å²) in [4.78, 5) is 0. The molecule has 0 aromatic heterocycles. The summed E-state index contributed by atoms with van der Waals surface area (Å²) in [7, 11) is 0. The van der Waals surface area contributed by atoms with Crippen LogP contribution >= 0.6 is 0 Å². The lowest BCUT2D eigenvalue weighted by atomic mass is 9.90. The molecule has 0 bridgehead atoms. The molecule has 2 atom stereocenters. The van der Waals surface area contributed by atoms with Crippen LogP contribution in [-0.2, 0) is 4.74 Å². The molecule has 1 fully saturated rings. The van der Waals surface area contributed by atoms with Gasteiger partial charge in [-0.2, -0.15) is 4.39 Å². The first kappa shape index (κ1) is 31.8. The van der Waals surface area contributed by atoms with E-state index in [0.717, 1.165) is 38.5 Å². The van der Waals surface area contributed by atoms with Gasteiger partial charge < -0.3 is 9.47 Å². The third kappa shape index (κ3) is 8.03. The van der Waals surface area contributed by atoms with E-state index in [2.05, 4.69) is 13.0 Å². The molecular weight excluding hydrogens is 540 g/mol. The molecule has 2 unspecified atom stereocenters. The maximum atomic E-state index is 15.2. The fourth-order valence-corrected chi connectivity index (χ4v) is 5.57. The molecule has 1 aliphatic heterocycles. The second kappa shape index (κ2) is 15.9. The number of hydrogen-bond acceptors (Lipinski definition) is 2. The third-order valence-corrected chi connectivity index (χ3v) is 8.12. The normalized spacial score (nSPS) is 17.2. The van der Waals surface area contributed by atoms with Crippen LogP contribution in [0.15, 0.2) is 60.7 Å². The highest BCUT2D eigenvalue weighted by Gasteiger charge is 2.27. The second-order valence-electron chi connectivity index (χ2n) is 11.2. The summed E-state index contributed by atoms with van der Waals surface area (Å²) >= 11 is 0. The zero-order valence-corrected chi connectivity index (χ0v) is 24.7. The average molecular weight is 583 g/mol. The lowest BCUT2D eigenvalue weighted by Crippen LogP contribution is -2.21. The van der Waals surface area contributed by atoms with Gasteiger partial charge in [0, 0.05) is 16.7 Å². The molecule has 1 saturated heterocycles. The predicted molar refractivity (Wildman–Crippen MR) is 161 cm³/mol. The molecule has 3 aromatic rings. The van der Waals surface area contributed by atoms with Crippen molar-refractivity contribution >= 4 is 0 Å². The number of unbranched alkanes of at least 4 members (excludes halogenated alkanes) is 5. The number of allylic oxidation sites excluding steroid dienone is 2. The van der Waals surface area contributed by atoms with Gasteiger partial charge in [-0.25, -0.2) is 13.2 Å². The molecule has 0 saturated carbocycles. The van der Waals surface area contributed by atoms with Gasteiger partial charge in [0.25, 0.3) is 0 Å². The molecule has 42 heavy (non-hydrogen) atoms. The Kier molecular flexibility index (Phi) is 12.1. The van der Waals surface area contributed by atoms with Crippen LogP contribution in [0.2, 0.25) is 0 Å². The minimum absolute atomic E-state index is 0.0754. The number of halogens is 4. The minimum atomic E-state index is -1.03. The van der Waals surface area contributed by atoms with Crippen molar-refractivity contribution < 1.29 is 27.0 Å². The molecule has 226 valence electrons. The Labute approximate surface area is 247 Å². The van der Waals surface area contributed by atoms with Gasteiger partial charge in [-0.15, -0.1) is 0 Å². The highest BCUT2D eigenvalue weighted by atomic mass is 19.2. The van der Waals surface area contributed by atoms with Gasteiger partial charge in [-0.1, -0.05) is 87.6 Å². The summed E-state index contributed by atoms with van der Waals surface area (Å²) in [6.07, 6.45) is 13.7. The Balaban J connectivity index is 1.39. The molecular formula is C36H42F4O2. The molecule has 2 nitrogen and oxygen atoms in total. The maximum Gasteiger partial charge on any atom is 0.201 e. The monoisotopic (exact) mass is 582 g/mol. The van der Waals surface area contributed by atoms with Crippen LogP contribution in [0, 0.1) is 29.2 Å². The molecule has 0 amide bonds. The highest BCUT2D eigenvalue weighted by molar-refractivity contribution is 5.71. The van der Waals surface area contributed by atoms with Crippen LogP contribution in [0.4, 0.5) is 17.6 Å². The van der Waals surface area contributed by atoms with Gasteiger partial charge in [0.15, 0.2) is 23.2 Å².